The Hall–Kier alpha value is -1.56. The Kier molecular flexibility index (Phi) is 2.65. The number of Topliss-reactive ketones (excluding diaryl/α,β-unsaturated/α-hetero) is 1. The summed E-state index contributed by atoms with van der Waals surface area (Å²) in [5, 5.41) is 8.71. The van der Waals surface area contributed by atoms with Crippen molar-refractivity contribution >= 4 is 5.78 Å². The Morgan fingerprint density at radius 1 is 1.83 bits per heavy atom. The molecular weight excluding hydrogens is 152 g/mol. The molecule has 3 heteroatoms. The number of aromatic nitrogens is 1. The normalized spacial score (nSPS) is 12.0. The quantitative estimate of drug-likeness (QED) is 0.733. The van der Waals surface area contributed by atoms with Crippen molar-refractivity contribution in [2.24, 2.45) is 0 Å². The van der Waals surface area contributed by atoms with Crippen LogP contribution in [0.15, 0.2) is 18.5 Å². The summed E-state index contributed by atoms with van der Waals surface area (Å²) in [5.41, 5.74) is 0.754. The van der Waals surface area contributed by atoms with Gasteiger partial charge in [-0.1, -0.05) is 6.92 Å². The van der Waals surface area contributed by atoms with Gasteiger partial charge in [-0.15, -0.1) is 0 Å². The molecule has 0 aromatic carbocycles. The van der Waals surface area contributed by atoms with E-state index in [2.05, 4.69) is 4.98 Å². The monoisotopic (exact) mass is 162 g/mol. The van der Waals surface area contributed by atoms with Crippen LogP contribution in [-0.2, 0) is 4.79 Å². The van der Waals surface area contributed by atoms with Crippen molar-refractivity contribution in [3.63, 3.8) is 0 Å². The molecule has 0 bridgehead atoms. The van der Waals surface area contributed by atoms with Gasteiger partial charge in [0.05, 0.1) is 6.07 Å². The fourth-order valence-electron chi connectivity index (χ4n) is 1.05. The van der Waals surface area contributed by atoms with Gasteiger partial charge in [0.2, 0.25) is 0 Å². The van der Waals surface area contributed by atoms with Gasteiger partial charge in [0.1, 0.15) is 5.92 Å². The van der Waals surface area contributed by atoms with Crippen molar-refractivity contribution < 1.29 is 4.79 Å². The SMILES string of the molecule is CCC(=O)C(C#N)c1cc[nH]c1. The molecule has 1 heterocycles. The number of rotatable bonds is 3. The Labute approximate surface area is 71.0 Å². The van der Waals surface area contributed by atoms with E-state index in [1.807, 2.05) is 6.07 Å². The number of hydrogen-bond donors (Lipinski definition) is 1. The average Bonchev–Trinajstić information content (AvgIpc) is 2.58. The van der Waals surface area contributed by atoms with E-state index in [0.717, 1.165) is 5.56 Å². The van der Waals surface area contributed by atoms with Crippen molar-refractivity contribution in [1.29, 1.82) is 5.26 Å². The first-order valence-electron chi connectivity index (χ1n) is 3.84. The first-order chi connectivity index (χ1) is 5.79. The maximum absolute atomic E-state index is 11.2. The molecule has 1 aromatic heterocycles. The van der Waals surface area contributed by atoms with Crippen LogP contribution in [0.1, 0.15) is 24.8 Å². The molecule has 0 aliphatic carbocycles. The molecular formula is C9H10N2O. The van der Waals surface area contributed by atoms with Crippen molar-refractivity contribution in [3.05, 3.63) is 24.0 Å². The molecule has 0 amide bonds. The Balaban J connectivity index is 2.86. The molecule has 1 N–H and O–H groups in total. The van der Waals surface area contributed by atoms with Gasteiger partial charge in [0.25, 0.3) is 0 Å². The number of aromatic amines is 1. The molecule has 0 radical (unpaired) electrons. The lowest BCUT2D eigenvalue weighted by molar-refractivity contribution is -0.119. The lowest BCUT2D eigenvalue weighted by atomic mass is 9.97. The van der Waals surface area contributed by atoms with Crippen LogP contribution in [0.5, 0.6) is 0 Å². The van der Waals surface area contributed by atoms with Gasteiger partial charge in [0.15, 0.2) is 5.78 Å². The molecule has 0 aliphatic rings. The minimum absolute atomic E-state index is 0.0305. The summed E-state index contributed by atoms with van der Waals surface area (Å²) in [5.74, 6) is -0.627. The summed E-state index contributed by atoms with van der Waals surface area (Å²) in [7, 11) is 0. The average molecular weight is 162 g/mol. The van der Waals surface area contributed by atoms with Crippen molar-refractivity contribution in [1.82, 2.24) is 4.98 Å². The van der Waals surface area contributed by atoms with Crippen molar-refractivity contribution in [2.45, 2.75) is 19.3 Å². The molecule has 0 saturated carbocycles. The van der Waals surface area contributed by atoms with Crippen LogP contribution in [0.3, 0.4) is 0 Å². The number of hydrogen-bond acceptors (Lipinski definition) is 2. The highest BCUT2D eigenvalue weighted by Crippen LogP contribution is 2.16. The summed E-state index contributed by atoms with van der Waals surface area (Å²) < 4.78 is 0. The summed E-state index contributed by atoms with van der Waals surface area (Å²) in [4.78, 5) is 14.0. The molecule has 12 heavy (non-hydrogen) atoms. The molecule has 1 rings (SSSR count). The molecule has 0 aliphatic heterocycles. The molecule has 3 nitrogen and oxygen atoms in total. The Morgan fingerprint density at radius 2 is 2.58 bits per heavy atom. The Morgan fingerprint density at radius 3 is 3.00 bits per heavy atom. The summed E-state index contributed by atoms with van der Waals surface area (Å²) in [6.07, 6.45) is 3.80. The van der Waals surface area contributed by atoms with Crippen LogP contribution < -0.4 is 0 Å². The highest BCUT2D eigenvalue weighted by atomic mass is 16.1. The topological polar surface area (TPSA) is 56.6 Å². The maximum atomic E-state index is 11.2. The first kappa shape index (κ1) is 8.54. The van der Waals surface area contributed by atoms with Gasteiger partial charge in [0, 0.05) is 18.8 Å². The molecule has 1 unspecified atom stereocenters. The second-order valence-corrected chi connectivity index (χ2v) is 2.53. The fraction of sp³-hybridized carbons (Fsp3) is 0.333. The number of nitrogens with one attached hydrogen (secondary N) is 1. The van der Waals surface area contributed by atoms with Gasteiger partial charge in [-0.25, -0.2) is 0 Å². The number of nitriles is 1. The van der Waals surface area contributed by atoms with E-state index in [1.54, 1.807) is 25.4 Å². The zero-order valence-electron chi connectivity index (χ0n) is 6.87. The number of carbonyl (C=O) groups excluding carboxylic acids is 1. The standard InChI is InChI=1S/C9H10N2O/c1-2-9(12)8(5-10)7-3-4-11-6-7/h3-4,6,8,11H,2H2,1H3. The second-order valence-electron chi connectivity index (χ2n) is 2.53. The smallest absolute Gasteiger partial charge is 0.154 e. The molecule has 0 saturated heterocycles. The lowest BCUT2D eigenvalue weighted by Crippen LogP contribution is -2.08. The van der Waals surface area contributed by atoms with Crippen LogP contribution >= 0.6 is 0 Å². The third kappa shape index (κ3) is 1.54. The third-order valence-corrected chi connectivity index (χ3v) is 1.75. The molecule has 62 valence electrons. The highest BCUT2D eigenvalue weighted by molar-refractivity contribution is 5.88. The van der Waals surface area contributed by atoms with Crippen LogP contribution in [0, 0.1) is 11.3 Å². The minimum atomic E-state index is -0.596. The molecule has 1 aromatic rings. The van der Waals surface area contributed by atoms with Crippen LogP contribution in [0.4, 0.5) is 0 Å². The van der Waals surface area contributed by atoms with E-state index >= 15 is 0 Å². The molecule has 1 atom stereocenters. The largest absolute Gasteiger partial charge is 0.367 e. The fourth-order valence-corrected chi connectivity index (χ4v) is 1.05. The van der Waals surface area contributed by atoms with Crippen molar-refractivity contribution in [2.75, 3.05) is 0 Å². The van der Waals surface area contributed by atoms with Crippen LogP contribution in [0.25, 0.3) is 0 Å². The molecule has 0 fully saturated rings. The summed E-state index contributed by atoms with van der Waals surface area (Å²) in [6, 6.07) is 3.74. The van der Waals surface area contributed by atoms with Crippen molar-refractivity contribution in [3.8, 4) is 6.07 Å². The zero-order chi connectivity index (χ0) is 8.97. The minimum Gasteiger partial charge on any atom is -0.367 e. The van der Waals surface area contributed by atoms with E-state index in [9.17, 15) is 4.79 Å². The van der Waals surface area contributed by atoms with E-state index in [-0.39, 0.29) is 5.78 Å². The maximum Gasteiger partial charge on any atom is 0.154 e. The number of nitrogens with zero attached hydrogens (tertiary/aromatic N) is 1. The van der Waals surface area contributed by atoms with E-state index in [4.69, 9.17) is 5.26 Å². The van der Waals surface area contributed by atoms with Gasteiger partial charge in [-0.3, -0.25) is 4.79 Å². The van der Waals surface area contributed by atoms with Gasteiger partial charge in [-0.05, 0) is 11.6 Å². The van der Waals surface area contributed by atoms with E-state index in [1.165, 1.54) is 0 Å². The van der Waals surface area contributed by atoms with Gasteiger partial charge in [-0.2, -0.15) is 5.26 Å². The predicted molar refractivity (Wildman–Crippen MR) is 44.4 cm³/mol. The van der Waals surface area contributed by atoms with Crippen LogP contribution in [-0.4, -0.2) is 10.8 Å². The van der Waals surface area contributed by atoms with Gasteiger partial charge < -0.3 is 4.98 Å². The summed E-state index contributed by atoms with van der Waals surface area (Å²) in [6.45, 7) is 1.76. The second kappa shape index (κ2) is 3.72. The highest BCUT2D eigenvalue weighted by Gasteiger charge is 2.17. The lowest BCUT2D eigenvalue weighted by Gasteiger charge is -2.02. The number of carbonyl (C=O) groups is 1. The molecule has 0 spiro atoms. The van der Waals surface area contributed by atoms with Crippen LogP contribution in [0.2, 0.25) is 0 Å². The summed E-state index contributed by atoms with van der Waals surface area (Å²) >= 11 is 0. The van der Waals surface area contributed by atoms with E-state index in [0.29, 0.717) is 6.42 Å². The Bertz CT molecular complexity index is 295. The van der Waals surface area contributed by atoms with E-state index < -0.39 is 5.92 Å². The third-order valence-electron chi connectivity index (χ3n) is 1.75. The number of ketones is 1. The van der Waals surface area contributed by atoms with Gasteiger partial charge >= 0.3 is 0 Å². The zero-order valence-corrected chi connectivity index (χ0v) is 6.87. The number of H-pyrrole nitrogens is 1. The predicted octanol–water partition coefficient (Wildman–Crippen LogP) is 1.60. The first-order valence-corrected chi connectivity index (χ1v) is 3.84.